The summed E-state index contributed by atoms with van der Waals surface area (Å²) in [6, 6.07) is 0. The molecule has 0 aliphatic rings. The molecule has 0 spiro atoms. The van der Waals surface area contributed by atoms with Crippen LogP contribution in [0.3, 0.4) is 0 Å². The van der Waals surface area contributed by atoms with Crippen molar-refractivity contribution in [1.82, 2.24) is 0 Å². The van der Waals surface area contributed by atoms with Crippen LogP contribution in [0.2, 0.25) is 0 Å². The lowest BCUT2D eigenvalue weighted by Crippen LogP contribution is -2.03. The fraction of sp³-hybridized carbons (Fsp3) is 0.955. The maximum Gasteiger partial charge on any atom is 0.159 e. The molecule has 0 atom stereocenters. The van der Waals surface area contributed by atoms with E-state index in [2.05, 4.69) is 13.8 Å². The van der Waals surface area contributed by atoms with E-state index in [1.807, 2.05) is 0 Å². The standard InChI is InChI=1S/C22H44OS/c1-3-5-7-9-11-12-13-14-15-16-18-20-22(24)23-21-19-17-10-8-6-4-2/h3-21H2,1-2H3. The van der Waals surface area contributed by atoms with E-state index in [0.29, 0.717) is 0 Å². The molecule has 0 heterocycles. The average Bonchev–Trinajstić information content (AvgIpc) is 2.59. The van der Waals surface area contributed by atoms with Gasteiger partial charge in [-0.05, 0) is 25.1 Å². The van der Waals surface area contributed by atoms with Crippen LogP contribution >= 0.6 is 12.2 Å². The van der Waals surface area contributed by atoms with Gasteiger partial charge in [0.25, 0.3) is 0 Å². The molecule has 0 aliphatic heterocycles. The third-order valence-electron chi connectivity index (χ3n) is 4.75. The van der Waals surface area contributed by atoms with Crippen LogP contribution in [0.15, 0.2) is 0 Å². The van der Waals surface area contributed by atoms with E-state index < -0.39 is 0 Å². The molecule has 0 amide bonds. The van der Waals surface area contributed by atoms with Crippen molar-refractivity contribution in [2.24, 2.45) is 0 Å². The van der Waals surface area contributed by atoms with Crippen LogP contribution in [-0.2, 0) is 4.74 Å². The van der Waals surface area contributed by atoms with Gasteiger partial charge in [0.15, 0.2) is 5.05 Å². The number of hydrogen-bond acceptors (Lipinski definition) is 2. The van der Waals surface area contributed by atoms with Crippen molar-refractivity contribution in [1.29, 1.82) is 0 Å². The smallest absolute Gasteiger partial charge is 0.159 e. The Kier molecular flexibility index (Phi) is 20.8. The van der Waals surface area contributed by atoms with E-state index >= 15 is 0 Å². The highest BCUT2D eigenvalue weighted by Crippen LogP contribution is 2.12. The zero-order chi connectivity index (χ0) is 17.7. The molecule has 0 radical (unpaired) electrons. The first-order valence-electron chi connectivity index (χ1n) is 11.0. The van der Waals surface area contributed by atoms with Gasteiger partial charge in [0.1, 0.15) is 0 Å². The second-order valence-electron chi connectivity index (χ2n) is 7.27. The van der Waals surface area contributed by atoms with Crippen molar-refractivity contribution < 1.29 is 4.74 Å². The molecule has 0 rings (SSSR count). The van der Waals surface area contributed by atoms with E-state index in [0.717, 1.165) is 18.1 Å². The molecule has 0 aromatic carbocycles. The molecular weight excluding hydrogens is 312 g/mol. The highest BCUT2D eigenvalue weighted by Gasteiger charge is 1.99. The predicted molar refractivity (Wildman–Crippen MR) is 113 cm³/mol. The molecule has 2 heteroatoms. The Hall–Kier alpha value is -0.110. The van der Waals surface area contributed by atoms with Gasteiger partial charge in [-0.3, -0.25) is 0 Å². The Morgan fingerprint density at radius 1 is 0.542 bits per heavy atom. The van der Waals surface area contributed by atoms with Gasteiger partial charge < -0.3 is 4.74 Å². The maximum absolute atomic E-state index is 5.67. The molecule has 0 aromatic rings. The van der Waals surface area contributed by atoms with Crippen LogP contribution in [0, 0.1) is 0 Å². The van der Waals surface area contributed by atoms with Crippen LogP contribution in [0.1, 0.15) is 129 Å². The summed E-state index contributed by atoms with van der Waals surface area (Å²) in [7, 11) is 0. The zero-order valence-corrected chi connectivity index (χ0v) is 17.6. The average molecular weight is 357 g/mol. The molecule has 0 bridgehead atoms. The molecular formula is C22H44OS. The molecule has 0 unspecified atom stereocenters. The van der Waals surface area contributed by atoms with Gasteiger partial charge in [-0.25, -0.2) is 0 Å². The minimum absolute atomic E-state index is 0.836. The van der Waals surface area contributed by atoms with E-state index in [1.54, 1.807) is 0 Å². The Balaban J connectivity index is 3.12. The molecule has 144 valence electrons. The minimum Gasteiger partial charge on any atom is -0.487 e. The van der Waals surface area contributed by atoms with Crippen LogP contribution in [0.4, 0.5) is 0 Å². The number of ether oxygens (including phenoxy) is 1. The Bertz CT molecular complexity index is 252. The highest BCUT2D eigenvalue weighted by molar-refractivity contribution is 7.80. The van der Waals surface area contributed by atoms with Crippen molar-refractivity contribution in [3.8, 4) is 0 Å². The number of thiocarbonyl (C=S) groups is 1. The molecule has 0 fully saturated rings. The lowest BCUT2D eigenvalue weighted by Gasteiger charge is -2.07. The summed E-state index contributed by atoms with van der Waals surface area (Å²) in [6.07, 6.45) is 24.1. The first-order chi connectivity index (χ1) is 11.8. The van der Waals surface area contributed by atoms with Crippen LogP contribution in [0.25, 0.3) is 0 Å². The summed E-state index contributed by atoms with van der Waals surface area (Å²) in [6.45, 7) is 5.38. The van der Waals surface area contributed by atoms with Crippen molar-refractivity contribution >= 4 is 17.3 Å². The second-order valence-corrected chi connectivity index (χ2v) is 7.73. The third kappa shape index (κ3) is 19.9. The molecule has 24 heavy (non-hydrogen) atoms. The number of unbranched alkanes of at least 4 members (excludes halogenated alkanes) is 15. The van der Waals surface area contributed by atoms with Crippen molar-refractivity contribution in [2.75, 3.05) is 6.61 Å². The van der Waals surface area contributed by atoms with Crippen LogP contribution in [0.5, 0.6) is 0 Å². The van der Waals surface area contributed by atoms with Crippen molar-refractivity contribution in [2.45, 2.75) is 129 Å². The van der Waals surface area contributed by atoms with Crippen molar-refractivity contribution in [3.63, 3.8) is 0 Å². The predicted octanol–water partition coefficient (Wildman–Crippen LogP) is 8.39. The zero-order valence-electron chi connectivity index (χ0n) is 16.8. The molecule has 1 nitrogen and oxygen atoms in total. The van der Waals surface area contributed by atoms with E-state index in [4.69, 9.17) is 17.0 Å². The topological polar surface area (TPSA) is 9.23 Å². The summed E-state index contributed by atoms with van der Waals surface area (Å²) in [5.74, 6) is 0. The van der Waals surface area contributed by atoms with Gasteiger partial charge in [-0.1, -0.05) is 110 Å². The van der Waals surface area contributed by atoms with E-state index in [-0.39, 0.29) is 0 Å². The maximum atomic E-state index is 5.67. The number of hydrogen-bond donors (Lipinski definition) is 0. The van der Waals surface area contributed by atoms with Gasteiger partial charge in [0.2, 0.25) is 0 Å². The molecule has 0 aliphatic carbocycles. The van der Waals surface area contributed by atoms with Gasteiger partial charge in [-0.15, -0.1) is 0 Å². The van der Waals surface area contributed by atoms with E-state index in [1.165, 1.54) is 109 Å². The quantitative estimate of drug-likeness (QED) is 0.170. The third-order valence-corrected chi connectivity index (χ3v) is 5.07. The molecule has 0 N–H and O–H groups in total. The molecule has 0 saturated heterocycles. The lowest BCUT2D eigenvalue weighted by molar-refractivity contribution is 0.291. The monoisotopic (exact) mass is 356 g/mol. The fourth-order valence-electron chi connectivity index (χ4n) is 3.07. The molecule has 0 saturated carbocycles. The van der Waals surface area contributed by atoms with Crippen molar-refractivity contribution in [3.05, 3.63) is 0 Å². The van der Waals surface area contributed by atoms with Gasteiger partial charge in [-0.2, -0.15) is 0 Å². The summed E-state index contributed by atoms with van der Waals surface area (Å²) in [5, 5.41) is 0.847. The minimum atomic E-state index is 0.836. The van der Waals surface area contributed by atoms with Crippen LogP contribution in [-0.4, -0.2) is 11.7 Å². The first kappa shape index (κ1) is 23.9. The number of rotatable bonds is 19. The SMILES string of the molecule is CCCCCCCCCCCCCC(=S)OCCCCCCCC. The lowest BCUT2D eigenvalue weighted by atomic mass is 10.1. The van der Waals surface area contributed by atoms with Gasteiger partial charge in [0.05, 0.1) is 6.61 Å². The summed E-state index contributed by atoms with van der Waals surface area (Å²) < 4.78 is 5.67. The Morgan fingerprint density at radius 3 is 1.38 bits per heavy atom. The largest absolute Gasteiger partial charge is 0.487 e. The summed E-state index contributed by atoms with van der Waals surface area (Å²) in [4.78, 5) is 0. The van der Waals surface area contributed by atoms with E-state index in [9.17, 15) is 0 Å². The van der Waals surface area contributed by atoms with Gasteiger partial charge in [0, 0.05) is 6.42 Å². The molecule has 0 aromatic heterocycles. The fourth-order valence-corrected chi connectivity index (χ4v) is 3.30. The highest BCUT2D eigenvalue weighted by atomic mass is 32.1. The Morgan fingerprint density at radius 2 is 0.917 bits per heavy atom. The van der Waals surface area contributed by atoms with Crippen LogP contribution < -0.4 is 0 Å². The summed E-state index contributed by atoms with van der Waals surface area (Å²) in [5.41, 5.74) is 0. The second kappa shape index (κ2) is 20.9. The Labute approximate surface area is 158 Å². The van der Waals surface area contributed by atoms with Gasteiger partial charge >= 0.3 is 0 Å². The normalized spacial score (nSPS) is 10.9. The summed E-state index contributed by atoms with van der Waals surface area (Å²) >= 11 is 5.32. The first-order valence-corrected chi connectivity index (χ1v) is 11.4.